The van der Waals surface area contributed by atoms with Gasteiger partial charge in [-0.15, -0.1) is 0 Å². The summed E-state index contributed by atoms with van der Waals surface area (Å²) >= 11 is 0. The van der Waals surface area contributed by atoms with Crippen molar-refractivity contribution in [1.29, 1.82) is 0 Å². The van der Waals surface area contributed by atoms with E-state index in [0.29, 0.717) is 19.6 Å². The summed E-state index contributed by atoms with van der Waals surface area (Å²) in [5, 5.41) is 6.21. The predicted octanol–water partition coefficient (Wildman–Crippen LogP) is 2.11. The van der Waals surface area contributed by atoms with E-state index in [0.717, 1.165) is 36.4 Å². The Labute approximate surface area is 126 Å². The third-order valence-electron chi connectivity index (χ3n) is 3.60. The van der Waals surface area contributed by atoms with Crippen LogP contribution in [0.5, 0.6) is 5.75 Å². The van der Waals surface area contributed by atoms with Gasteiger partial charge in [-0.2, -0.15) is 0 Å². The fourth-order valence-electron chi connectivity index (χ4n) is 2.25. The Morgan fingerprint density at radius 2 is 2.24 bits per heavy atom. The lowest BCUT2D eigenvalue weighted by atomic mass is 10.1. The van der Waals surface area contributed by atoms with Crippen molar-refractivity contribution < 1.29 is 9.53 Å². The highest BCUT2D eigenvalue weighted by Gasteiger charge is 2.06. The first-order chi connectivity index (χ1) is 10.1. The lowest BCUT2D eigenvalue weighted by molar-refractivity contribution is -0.121. The topological polar surface area (TPSA) is 50.4 Å². The lowest BCUT2D eigenvalue weighted by Gasteiger charge is -2.15. The molecule has 0 fully saturated rings. The number of amides is 1. The maximum atomic E-state index is 11.8. The van der Waals surface area contributed by atoms with Gasteiger partial charge in [-0.25, -0.2) is 0 Å². The first-order valence-corrected chi connectivity index (χ1v) is 7.50. The fraction of sp³-hybridized carbons (Fsp3) is 0.471. The minimum atomic E-state index is 0.0414. The molecule has 0 atom stereocenters. The van der Waals surface area contributed by atoms with Crippen LogP contribution in [-0.2, 0) is 4.79 Å². The predicted molar refractivity (Wildman–Crippen MR) is 84.6 cm³/mol. The van der Waals surface area contributed by atoms with Crippen molar-refractivity contribution in [2.75, 3.05) is 26.2 Å². The van der Waals surface area contributed by atoms with Gasteiger partial charge in [-0.05, 0) is 44.0 Å². The molecule has 4 heteroatoms. The van der Waals surface area contributed by atoms with Crippen molar-refractivity contribution in [2.24, 2.45) is 0 Å². The number of carbonyl (C=O) groups excluding carboxylic acids is 1. The molecule has 1 aliphatic heterocycles. The molecular formula is C17H24N2O2. The van der Waals surface area contributed by atoms with Crippen molar-refractivity contribution in [3.63, 3.8) is 0 Å². The van der Waals surface area contributed by atoms with E-state index >= 15 is 0 Å². The number of nitrogens with one attached hydrogen (secondary N) is 2. The number of hydrogen-bond donors (Lipinski definition) is 2. The van der Waals surface area contributed by atoms with Gasteiger partial charge in [0.15, 0.2) is 0 Å². The van der Waals surface area contributed by atoms with Crippen LogP contribution < -0.4 is 15.4 Å². The van der Waals surface area contributed by atoms with Crippen LogP contribution in [0.2, 0.25) is 0 Å². The smallest absolute Gasteiger partial charge is 0.223 e. The number of ether oxygens (including phenoxy) is 1. The Hall–Kier alpha value is -1.81. The molecule has 21 heavy (non-hydrogen) atoms. The SMILES string of the molecule is Cc1ccc(C)c(OCCC(=O)NCC2=CCNCC2)c1. The van der Waals surface area contributed by atoms with Gasteiger partial charge in [0.1, 0.15) is 5.75 Å². The van der Waals surface area contributed by atoms with Gasteiger partial charge in [0, 0.05) is 13.1 Å². The van der Waals surface area contributed by atoms with E-state index in [-0.39, 0.29) is 5.91 Å². The molecule has 2 N–H and O–H groups in total. The second kappa shape index (κ2) is 7.84. The minimum Gasteiger partial charge on any atom is -0.493 e. The molecule has 0 bridgehead atoms. The van der Waals surface area contributed by atoms with Crippen LogP contribution in [0.1, 0.15) is 24.0 Å². The number of hydrogen-bond acceptors (Lipinski definition) is 3. The molecule has 0 saturated heterocycles. The first kappa shape index (κ1) is 15.6. The molecule has 1 heterocycles. The fourth-order valence-corrected chi connectivity index (χ4v) is 2.25. The molecule has 0 radical (unpaired) electrons. The van der Waals surface area contributed by atoms with Crippen LogP contribution in [0.25, 0.3) is 0 Å². The Kier molecular flexibility index (Phi) is 5.81. The summed E-state index contributed by atoms with van der Waals surface area (Å²) in [6.07, 6.45) is 3.55. The zero-order valence-electron chi connectivity index (χ0n) is 12.9. The number of benzene rings is 1. The Morgan fingerprint density at radius 3 is 3.00 bits per heavy atom. The zero-order valence-corrected chi connectivity index (χ0v) is 12.9. The van der Waals surface area contributed by atoms with E-state index in [1.165, 1.54) is 5.57 Å². The van der Waals surface area contributed by atoms with E-state index in [9.17, 15) is 4.79 Å². The highest BCUT2D eigenvalue weighted by Crippen LogP contribution is 2.19. The van der Waals surface area contributed by atoms with Gasteiger partial charge in [0.2, 0.25) is 5.91 Å². The standard InChI is InChI=1S/C17H24N2O2/c1-13-3-4-14(2)16(11-13)21-10-7-17(20)19-12-15-5-8-18-9-6-15/h3-5,11,18H,6-10,12H2,1-2H3,(H,19,20). The zero-order chi connectivity index (χ0) is 15.1. The lowest BCUT2D eigenvalue weighted by Crippen LogP contribution is -2.30. The average Bonchev–Trinajstić information content (AvgIpc) is 2.50. The molecule has 4 nitrogen and oxygen atoms in total. The quantitative estimate of drug-likeness (QED) is 0.788. The molecule has 0 unspecified atom stereocenters. The van der Waals surface area contributed by atoms with Gasteiger partial charge >= 0.3 is 0 Å². The second-order valence-electron chi connectivity index (χ2n) is 5.46. The minimum absolute atomic E-state index is 0.0414. The summed E-state index contributed by atoms with van der Waals surface area (Å²) in [6, 6.07) is 6.10. The monoisotopic (exact) mass is 288 g/mol. The normalized spacial score (nSPS) is 14.5. The maximum absolute atomic E-state index is 11.8. The number of rotatable bonds is 6. The molecule has 1 aromatic carbocycles. The van der Waals surface area contributed by atoms with Gasteiger partial charge in [-0.3, -0.25) is 4.79 Å². The Balaban J connectivity index is 1.69. The summed E-state index contributed by atoms with van der Waals surface area (Å²) < 4.78 is 5.69. The van der Waals surface area contributed by atoms with E-state index in [2.05, 4.69) is 22.8 Å². The van der Waals surface area contributed by atoms with E-state index in [4.69, 9.17) is 4.74 Å². The van der Waals surface area contributed by atoms with Gasteiger partial charge in [-0.1, -0.05) is 23.8 Å². The first-order valence-electron chi connectivity index (χ1n) is 7.50. The van der Waals surface area contributed by atoms with Crippen molar-refractivity contribution in [1.82, 2.24) is 10.6 Å². The van der Waals surface area contributed by atoms with Crippen molar-refractivity contribution in [3.8, 4) is 5.75 Å². The van der Waals surface area contributed by atoms with Crippen LogP contribution in [0.15, 0.2) is 29.8 Å². The molecule has 0 aliphatic carbocycles. The van der Waals surface area contributed by atoms with Crippen LogP contribution >= 0.6 is 0 Å². The largest absolute Gasteiger partial charge is 0.493 e. The van der Waals surface area contributed by atoms with Crippen LogP contribution in [-0.4, -0.2) is 32.1 Å². The molecule has 1 aliphatic rings. The number of aryl methyl sites for hydroxylation is 2. The van der Waals surface area contributed by atoms with Crippen molar-refractivity contribution >= 4 is 5.91 Å². The summed E-state index contributed by atoms with van der Waals surface area (Å²) in [7, 11) is 0. The summed E-state index contributed by atoms with van der Waals surface area (Å²) in [5.74, 6) is 0.906. The molecule has 0 aromatic heterocycles. The molecule has 0 saturated carbocycles. The molecule has 0 spiro atoms. The Bertz CT molecular complexity index is 524. The molecule has 1 aromatic rings. The van der Waals surface area contributed by atoms with E-state index < -0.39 is 0 Å². The van der Waals surface area contributed by atoms with Gasteiger partial charge in [0.05, 0.1) is 13.0 Å². The van der Waals surface area contributed by atoms with E-state index in [1.807, 2.05) is 26.0 Å². The summed E-state index contributed by atoms with van der Waals surface area (Å²) in [4.78, 5) is 11.8. The van der Waals surface area contributed by atoms with E-state index in [1.54, 1.807) is 0 Å². The van der Waals surface area contributed by atoms with Gasteiger partial charge in [0.25, 0.3) is 0 Å². The maximum Gasteiger partial charge on any atom is 0.223 e. The molecule has 1 amide bonds. The van der Waals surface area contributed by atoms with Crippen LogP contribution in [0.3, 0.4) is 0 Å². The highest BCUT2D eigenvalue weighted by molar-refractivity contribution is 5.76. The summed E-state index contributed by atoms with van der Waals surface area (Å²) in [6.45, 7) is 7.02. The van der Waals surface area contributed by atoms with Crippen molar-refractivity contribution in [3.05, 3.63) is 41.0 Å². The second-order valence-corrected chi connectivity index (χ2v) is 5.46. The average molecular weight is 288 g/mol. The highest BCUT2D eigenvalue weighted by atomic mass is 16.5. The third kappa shape index (κ3) is 5.23. The molecule has 114 valence electrons. The summed E-state index contributed by atoms with van der Waals surface area (Å²) in [5.41, 5.74) is 3.57. The molecule has 2 rings (SSSR count). The number of carbonyl (C=O) groups is 1. The Morgan fingerprint density at radius 1 is 1.38 bits per heavy atom. The van der Waals surface area contributed by atoms with Gasteiger partial charge < -0.3 is 15.4 Å². The molecular weight excluding hydrogens is 264 g/mol. The third-order valence-corrected chi connectivity index (χ3v) is 3.60. The van der Waals surface area contributed by atoms with Crippen LogP contribution in [0.4, 0.5) is 0 Å². The van der Waals surface area contributed by atoms with Crippen LogP contribution in [0, 0.1) is 13.8 Å². The van der Waals surface area contributed by atoms with Crippen molar-refractivity contribution in [2.45, 2.75) is 26.7 Å².